The first kappa shape index (κ1) is 12.3. The summed E-state index contributed by atoms with van der Waals surface area (Å²) in [6.07, 6.45) is 4.63. The summed E-state index contributed by atoms with van der Waals surface area (Å²) in [4.78, 5) is 15.8. The number of carbonyl (C=O) groups is 1. The van der Waals surface area contributed by atoms with Crippen molar-refractivity contribution >= 4 is 11.6 Å². The van der Waals surface area contributed by atoms with E-state index >= 15 is 0 Å². The summed E-state index contributed by atoms with van der Waals surface area (Å²) in [6, 6.07) is 3.84. The number of amides is 1. The van der Waals surface area contributed by atoms with Crippen molar-refractivity contribution in [3.63, 3.8) is 0 Å². The first-order chi connectivity index (χ1) is 8.66. The lowest BCUT2D eigenvalue weighted by Crippen LogP contribution is -2.13. The highest BCUT2D eigenvalue weighted by Gasteiger charge is 2.09. The van der Waals surface area contributed by atoms with Gasteiger partial charge >= 0.3 is 0 Å². The summed E-state index contributed by atoms with van der Waals surface area (Å²) in [5.41, 5.74) is 3.59. The van der Waals surface area contributed by atoms with Crippen LogP contribution in [-0.4, -0.2) is 21.1 Å². The van der Waals surface area contributed by atoms with Crippen molar-refractivity contribution in [2.24, 2.45) is 0 Å². The van der Waals surface area contributed by atoms with Gasteiger partial charge in [-0.1, -0.05) is 0 Å². The first-order valence-corrected chi connectivity index (χ1v) is 5.87. The smallest absolute Gasteiger partial charge is 0.224 e. The van der Waals surface area contributed by atoms with E-state index in [9.17, 15) is 4.79 Å². The summed E-state index contributed by atoms with van der Waals surface area (Å²) in [5.74, 6) is -0.000544. The Morgan fingerprint density at radius 3 is 2.67 bits per heavy atom. The highest BCUT2D eigenvalue weighted by atomic mass is 16.1. The van der Waals surface area contributed by atoms with Crippen LogP contribution in [0.4, 0.5) is 5.69 Å². The maximum Gasteiger partial charge on any atom is 0.224 e. The highest BCUT2D eigenvalue weighted by molar-refractivity contribution is 5.91. The van der Waals surface area contributed by atoms with Crippen LogP contribution in [0.5, 0.6) is 0 Å². The molecule has 1 amide bonds. The number of hydrogen-bond acceptors (Lipinski definition) is 3. The van der Waals surface area contributed by atoms with Gasteiger partial charge in [0.2, 0.25) is 5.91 Å². The zero-order valence-electron chi connectivity index (χ0n) is 10.5. The van der Waals surface area contributed by atoms with Crippen molar-refractivity contribution in [1.29, 1.82) is 0 Å². The van der Waals surface area contributed by atoms with E-state index in [1.165, 1.54) is 0 Å². The zero-order chi connectivity index (χ0) is 13.0. The minimum absolute atomic E-state index is 0.000544. The van der Waals surface area contributed by atoms with Crippen LogP contribution in [-0.2, 0) is 11.2 Å². The average molecular weight is 244 g/mol. The van der Waals surface area contributed by atoms with Crippen molar-refractivity contribution < 1.29 is 4.79 Å². The van der Waals surface area contributed by atoms with Crippen molar-refractivity contribution in [3.05, 3.63) is 41.5 Å². The topological polar surface area (TPSA) is 70.7 Å². The average Bonchev–Trinajstić information content (AvgIpc) is 2.69. The lowest BCUT2D eigenvalue weighted by molar-refractivity contribution is -0.116. The fraction of sp³-hybridized carbons (Fsp3) is 0.308. The van der Waals surface area contributed by atoms with Crippen LogP contribution in [0, 0.1) is 13.8 Å². The summed E-state index contributed by atoms with van der Waals surface area (Å²) < 4.78 is 0. The third kappa shape index (κ3) is 2.94. The van der Waals surface area contributed by atoms with Gasteiger partial charge in [-0.15, -0.1) is 0 Å². The molecular formula is C13H16N4O. The van der Waals surface area contributed by atoms with E-state index in [-0.39, 0.29) is 5.91 Å². The van der Waals surface area contributed by atoms with E-state index in [2.05, 4.69) is 20.5 Å². The predicted molar refractivity (Wildman–Crippen MR) is 69.2 cm³/mol. The molecule has 0 aliphatic rings. The third-order valence-electron chi connectivity index (χ3n) is 2.78. The molecule has 0 saturated carbocycles. The van der Waals surface area contributed by atoms with Crippen molar-refractivity contribution in [2.45, 2.75) is 26.7 Å². The Morgan fingerprint density at radius 1 is 1.33 bits per heavy atom. The summed E-state index contributed by atoms with van der Waals surface area (Å²) in [7, 11) is 0. The molecule has 0 unspecified atom stereocenters. The maximum absolute atomic E-state index is 11.8. The molecule has 5 heteroatoms. The number of pyridine rings is 1. The minimum atomic E-state index is -0.000544. The second kappa shape index (κ2) is 5.44. The molecule has 18 heavy (non-hydrogen) atoms. The van der Waals surface area contributed by atoms with Crippen LogP contribution in [0.1, 0.15) is 23.4 Å². The van der Waals surface area contributed by atoms with Gasteiger partial charge in [-0.3, -0.25) is 14.9 Å². The molecule has 5 nitrogen and oxygen atoms in total. The van der Waals surface area contributed by atoms with Gasteiger partial charge < -0.3 is 5.32 Å². The third-order valence-corrected chi connectivity index (χ3v) is 2.78. The SMILES string of the molecule is Cc1n[nH]c(C)c1NC(=O)CCc1ccncc1. The number of nitrogens with one attached hydrogen (secondary N) is 2. The molecule has 0 fully saturated rings. The van der Waals surface area contributed by atoms with Crippen molar-refractivity contribution in [2.75, 3.05) is 5.32 Å². The Hall–Kier alpha value is -2.17. The number of nitrogens with zero attached hydrogens (tertiary/aromatic N) is 2. The van der Waals surface area contributed by atoms with Crippen LogP contribution in [0.3, 0.4) is 0 Å². The van der Waals surface area contributed by atoms with Gasteiger partial charge in [0.05, 0.1) is 17.1 Å². The number of aryl methyl sites for hydroxylation is 3. The molecule has 0 bridgehead atoms. The van der Waals surface area contributed by atoms with E-state index in [1.807, 2.05) is 26.0 Å². The predicted octanol–water partition coefficient (Wildman–Crippen LogP) is 1.99. The monoisotopic (exact) mass is 244 g/mol. The van der Waals surface area contributed by atoms with E-state index in [0.29, 0.717) is 12.8 Å². The fourth-order valence-corrected chi connectivity index (χ4v) is 1.74. The van der Waals surface area contributed by atoms with Crippen molar-refractivity contribution in [1.82, 2.24) is 15.2 Å². The quantitative estimate of drug-likeness (QED) is 0.864. The fourth-order valence-electron chi connectivity index (χ4n) is 1.74. The van der Waals surface area contributed by atoms with Crippen LogP contribution < -0.4 is 5.32 Å². The molecule has 2 aromatic rings. The Balaban J connectivity index is 1.90. The summed E-state index contributed by atoms with van der Waals surface area (Å²) >= 11 is 0. The molecule has 0 aromatic carbocycles. The van der Waals surface area contributed by atoms with Gasteiger partial charge in [0.25, 0.3) is 0 Å². The molecule has 2 heterocycles. The van der Waals surface area contributed by atoms with Gasteiger partial charge in [0.15, 0.2) is 0 Å². The number of rotatable bonds is 4. The normalized spacial score (nSPS) is 10.3. The molecule has 2 N–H and O–H groups in total. The van der Waals surface area contributed by atoms with Crippen molar-refractivity contribution in [3.8, 4) is 0 Å². The number of aromatic nitrogens is 3. The number of aromatic amines is 1. The Bertz CT molecular complexity index is 514. The zero-order valence-corrected chi connectivity index (χ0v) is 10.5. The Kier molecular flexibility index (Phi) is 3.72. The lowest BCUT2D eigenvalue weighted by Gasteiger charge is -2.05. The van der Waals surface area contributed by atoms with E-state index in [0.717, 1.165) is 22.6 Å². The van der Waals surface area contributed by atoms with E-state index in [4.69, 9.17) is 0 Å². The first-order valence-electron chi connectivity index (χ1n) is 5.87. The second-order valence-electron chi connectivity index (χ2n) is 4.21. The van der Waals surface area contributed by atoms with Gasteiger partial charge in [0, 0.05) is 18.8 Å². The maximum atomic E-state index is 11.8. The molecule has 0 aliphatic carbocycles. The highest BCUT2D eigenvalue weighted by Crippen LogP contribution is 2.16. The number of hydrogen-bond donors (Lipinski definition) is 2. The molecule has 0 aliphatic heterocycles. The molecule has 0 spiro atoms. The van der Waals surface area contributed by atoms with Crippen LogP contribution in [0.2, 0.25) is 0 Å². The molecular weight excluding hydrogens is 228 g/mol. The Morgan fingerprint density at radius 2 is 2.06 bits per heavy atom. The van der Waals surface area contributed by atoms with Gasteiger partial charge in [-0.25, -0.2) is 0 Å². The minimum Gasteiger partial charge on any atom is -0.323 e. The number of anilines is 1. The van der Waals surface area contributed by atoms with E-state index in [1.54, 1.807) is 12.4 Å². The number of H-pyrrole nitrogens is 1. The van der Waals surface area contributed by atoms with Crippen LogP contribution >= 0.6 is 0 Å². The summed E-state index contributed by atoms with van der Waals surface area (Å²) in [5, 5.41) is 9.76. The van der Waals surface area contributed by atoms with Gasteiger partial charge in [-0.2, -0.15) is 5.10 Å². The molecule has 0 saturated heterocycles. The molecule has 2 aromatic heterocycles. The molecule has 0 radical (unpaired) electrons. The molecule has 2 rings (SSSR count). The standard InChI is InChI=1S/C13H16N4O/c1-9-13(10(2)17-16-9)15-12(18)4-3-11-5-7-14-8-6-11/h5-8H,3-4H2,1-2H3,(H,15,18)(H,16,17). The van der Waals surface area contributed by atoms with E-state index < -0.39 is 0 Å². The van der Waals surface area contributed by atoms with Crippen LogP contribution in [0.15, 0.2) is 24.5 Å². The second-order valence-corrected chi connectivity index (χ2v) is 4.21. The molecule has 0 atom stereocenters. The molecule has 94 valence electrons. The number of carbonyl (C=O) groups excluding carboxylic acids is 1. The van der Waals surface area contributed by atoms with Gasteiger partial charge in [0.1, 0.15) is 0 Å². The van der Waals surface area contributed by atoms with Gasteiger partial charge in [-0.05, 0) is 38.0 Å². The van der Waals surface area contributed by atoms with Crippen LogP contribution in [0.25, 0.3) is 0 Å². The lowest BCUT2D eigenvalue weighted by atomic mass is 10.1. The largest absolute Gasteiger partial charge is 0.323 e. The Labute approximate surface area is 106 Å². The summed E-state index contributed by atoms with van der Waals surface area (Å²) in [6.45, 7) is 3.75.